The van der Waals surface area contributed by atoms with Crippen molar-refractivity contribution < 1.29 is 25.5 Å². The monoisotopic (exact) mass is 290 g/mol. The molecule has 0 aliphatic carbocycles. The minimum Gasteiger partial charge on any atom is -0.396 e. The van der Waals surface area contributed by atoms with Gasteiger partial charge in [0.15, 0.2) is 0 Å². The number of rotatable bonds is 4. The minimum absolute atomic E-state index is 0.0253. The molecule has 7 heteroatoms. The summed E-state index contributed by atoms with van der Waals surface area (Å²) in [6.45, 7) is 2.47. The molecule has 2 aliphatic heterocycles. The maximum absolute atomic E-state index is 10.2. The largest absolute Gasteiger partial charge is 0.396 e. The smallest absolute Gasteiger partial charge is 0.0929 e. The average molecular weight is 290 g/mol. The number of piperidine rings is 2. The molecule has 2 saturated heterocycles. The molecular formula is C13H26N2O5. The normalized spacial score (nSPS) is 43.6. The summed E-state index contributed by atoms with van der Waals surface area (Å²) in [5, 5.41) is 51.5. The van der Waals surface area contributed by atoms with Gasteiger partial charge in [0.05, 0.1) is 18.3 Å². The van der Waals surface area contributed by atoms with Crippen LogP contribution >= 0.6 is 0 Å². The van der Waals surface area contributed by atoms with Gasteiger partial charge in [-0.05, 0) is 0 Å². The first-order valence-corrected chi connectivity index (χ1v) is 7.25. The Morgan fingerprint density at radius 1 is 0.850 bits per heavy atom. The summed E-state index contributed by atoms with van der Waals surface area (Å²) in [4.78, 5) is 1.97. The standard InChI is InChI=1S/C13H26N2O5/c16-6-9-2-14-1-8(12(9)19)3-15-4-10(7-17)13(20)11(18)5-15/h8-14,16-20H,1-7H2/t8-,9+,10+,11+,12+,13-/m0/s1. The Balaban J connectivity index is 1.92. The van der Waals surface area contributed by atoms with E-state index in [1.807, 2.05) is 4.90 Å². The molecule has 0 unspecified atom stereocenters. The van der Waals surface area contributed by atoms with Crippen LogP contribution in [0.2, 0.25) is 0 Å². The molecule has 20 heavy (non-hydrogen) atoms. The number of aliphatic hydroxyl groups excluding tert-OH is 5. The van der Waals surface area contributed by atoms with Crippen LogP contribution < -0.4 is 5.32 Å². The van der Waals surface area contributed by atoms with E-state index < -0.39 is 18.3 Å². The van der Waals surface area contributed by atoms with Crippen LogP contribution in [0.1, 0.15) is 0 Å². The molecule has 0 aromatic heterocycles. The van der Waals surface area contributed by atoms with E-state index in [0.717, 1.165) is 0 Å². The highest BCUT2D eigenvalue weighted by molar-refractivity contribution is 4.90. The van der Waals surface area contributed by atoms with Gasteiger partial charge >= 0.3 is 0 Å². The SMILES string of the molecule is OC[C@H]1CNC[C@@H](CN2C[C@H](CO)[C@H](O)[C@H](O)C2)[C@H]1O. The van der Waals surface area contributed by atoms with Crippen LogP contribution in [-0.2, 0) is 0 Å². The summed E-state index contributed by atoms with van der Waals surface area (Å²) >= 11 is 0. The Morgan fingerprint density at radius 3 is 2.15 bits per heavy atom. The quantitative estimate of drug-likeness (QED) is 0.323. The van der Waals surface area contributed by atoms with Crippen molar-refractivity contribution in [3.05, 3.63) is 0 Å². The van der Waals surface area contributed by atoms with E-state index in [2.05, 4.69) is 5.32 Å². The van der Waals surface area contributed by atoms with Gasteiger partial charge in [0.1, 0.15) is 0 Å². The third-order valence-electron chi connectivity index (χ3n) is 4.56. The van der Waals surface area contributed by atoms with Crippen molar-refractivity contribution in [2.45, 2.75) is 18.3 Å². The Labute approximate surface area is 118 Å². The second-order valence-electron chi connectivity index (χ2n) is 6.07. The minimum atomic E-state index is -0.893. The van der Waals surface area contributed by atoms with E-state index in [1.165, 1.54) is 0 Å². The number of β-amino-alcohol motifs (C(OH)–C–C–N with tert-alkyl or cyclic N) is 1. The van der Waals surface area contributed by atoms with Crippen molar-refractivity contribution in [3.8, 4) is 0 Å². The lowest BCUT2D eigenvalue weighted by Gasteiger charge is -2.42. The molecule has 0 bridgehead atoms. The van der Waals surface area contributed by atoms with Crippen LogP contribution in [0.3, 0.4) is 0 Å². The van der Waals surface area contributed by atoms with Crippen LogP contribution in [0.25, 0.3) is 0 Å². The van der Waals surface area contributed by atoms with Gasteiger partial charge in [-0.2, -0.15) is 0 Å². The highest BCUT2D eigenvalue weighted by Crippen LogP contribution is 2.22. The zero-order chi connectivity index (χ0) is 14.7. The molecule has 2 rings (SSSR count). The number of nitrogens with zero attached hydrogens (tertiary/aromatic N) is 1. The fraction of sp³-hybridized carbons (Fsp3) is 1.00. The number of nitrogens with one attached hydrogen (secondary N) is 1. The number of likely N-dealkylation sites (tertiary alicyclic amines) is 1. The molecule has 0 amide bonds. The van der Waals surface area contributed by atoms with E-state index in [4.69, 9.17) is 0 Å². The predicted octanol–water partition coefficient (Wildman–Crippen LogP) is -3.18. The van der Waals surface area contributed by atoms with E-state index >= 15 is 0 Å². The Hall–Kier alpha value is -0.280. The molecule has 2 aliphatic rings. The molecule has 0 aromatic carbocycles. The fourth-order valence-corrected chi connectivity index (χ4v) is 3.27. The fourth-order valence-electron chi connectivity index (χ4n) is 3.27. The molecule has 0 radical (unpaired) electrons. The van der Waals surface area contributed by atoms with Gasteiger partial charge in [0, 0.05) is 63.7 Å². The topological polar surface area (TPSA) is 116 Å². The van der Waals surface area contributed by atoms with Crippen molar-refractivity contribution in [3.63, 3.8) is 0 Å². The lowest BCUT2D eigenvalue weighted by Crippen LogP contribution is -2.57. The number of hydrogen-bond acceptors (Lipinski definition) is 7. The zero-order valence-corrected chi connectivity index (χ0v) is 11.6. The Morgan fingerprint density at radius 2 is 1.50 bits per heavy atom. The molecule has 0 aromatic rings. The number of aliphatic hydroxyl groups is 5. The zero-order valence-electron chi connectivity index (χ0n) is 11.6. The molecular weight excluding hydrogens is 264 g/mol. The molecule has 6 N–H and O–H groups in total. The average Bonchev–Trinajstić information content (AvgIpc) is 2.45. The highest BCUT2D eigenvalue weighted by atomic mass is 16.3. The lowest BCUT2D eigenvalue weighted by molar-refractivity contribution is -0.0957. The molecule has 118 valence electrons. The molecule has 2 fully saturated rings. The van der Waals surface area contributed by atoms with Crippen LogP contribution in [0.5, 0.6) is 0 Å². The van der Waals surface area contributed by atoms with Crippen molar-refractivity contribution in [2.75, 3.05) is 45.9 Å². The maximum atomic E-state index is 10.2. The molecule has 2 heterocycles. The van der Waals surface area contributed by atoms with Crippen molar-refractivity contribution >= 4 is 0 Å². The molecule has 7 nitrogen and oxygen atoms in total. The van der Waals surface area contributed by atoms with Crippen LogP contribution in [-0.4, -0.2) is 94.7 Å². The van der Waals surface area contributed by atoms with Crippen LogP contribution in [0.15, 0.2) is 0 Å². The van der Waals surface area contributed by atoms with E-state index in [-0.39, 0.29) is 31.0 Å². The first-order valence-electron chi connectivity index (χ1n) is 7.25. The van der Waals surface area contributed by atoms with Gasteiger partial charge in [0.2, 0.25) is 0 Å². The van der Waals surface area contributed by atoms with E-state index in [0.29, 0.717) is 32.7 Å². The molecule has 6 atom stereocenters. The van der Waals surface area contributed by atoms with Crippen molar-refractivity contribution in [1.29, 1.82) is 0 Å². The second kappa shape index (κ2) is 7.13. The van der Waals surface area contributed by atoms with Gasteiger partial charge in [-0.3, -0.25) is 4.90 Å². The third kappa shape index (κ3) is 3.48. The molecule has 0 spiro atoms. The van der Waals surface area contributed by atoms with Gasteiger partial charge in [-0.15, -0.1) is 0 Å². The third-order valence-corrected chi connectivity index (χ3v) is 4.56. The second-order valence-corrected chi connectivity index (χ2v) is 6.07. The summed E-state index contributed by atoms with van der Waals surface area (Å²) in [6.07, 6.45) is -2.34. The summed E-state index contributed by atoms with van der Waals surface area (Å²) in [5.74, 6) is -0.550. The summed E-state index contributed by atoms with van der Waals surface area (Å²) in [5.41, 5.74) is 0. The first-order chi connectivity index (χ1) is 9.56. The van der Waals surface area contributed by atoms with E-state index in [1.54, 1.807) is 0 Å². The van der Waals surface area contributed by atoms with Gasteiger partial charge < -0.3 is 30.8 Å². The van der Waals surface area contributed by atoms with Crippen molar-refractivity contribution in [1.82, 2.24) is 10.2 Å². The number of hydrogen-bond donors (Lipinski definition) is 6. The lowest BCUT2D eigenvalue weighted by atomic mass is 9.86. The first kappa shape index (κ1) is 16.1. The van der Waals surface area contributed by atoms with Gasteiger partial charge in [-0.25, -0.2) is 0 Å². The Bertz CT molecular complexity index is 306. The Kier molecular flexibility index (Phi) is 5.74. The summed E-state index contributed by atoms with van der Waals surface area (Å²) < 4.78 is 0. The van der Waals surface area contributed by atoms with Crippen molar-refractivity contribution in [2.24, 2.45) is 17.8 Å². The van der Waals surface area contributed by atoms with E-state index in [9.17, 15) is 25.5 Å². The van der Waals surface area contributed by atoms with Gasteiger partial charge in [-0.1, -0.05) is 0 Å². The highest BCUT2D eigenvalue weighted by Gasteiger charge is 2.37. The van der Waals surface area contributed by atoms with Crippen LogP contribution in [0.4, 0.5) is 0 Å². The molecule has 0 saturated carbocycles. The summed E-state index contributed by atoms with van der Waals surface area (Å²) in [7, 11) is 0. The maximum Gasteiger partial charge on any atom is 0.0929 e. The summed E-state index contributed by atoms with van der Waals surface area (Å²) in [6, 6.07) is 0. The van der Waals surface area contributed by atoms with Crippen LogP contribution in [0, 0.1) is 17.8 Å². The van der Waals surface area contributed by atoms with Gasteiger partial charge in [0.25, 0.3) is 0 Å². The predicted molar refractivity (Wildman–Crippen MR) is 72.0 cm³/mol.